The van der Waals surface area contributed by atoms with Crippen LogP contribution in [-0.2, 0) is 18.5 Å². The largest absolute Gasteiger partial charge is 0.322 e. The van der Waals surface area contributed by atoms with E-state index in [2.05, 4.69) is 101 Å². The van der Waals surface area contributed by atoms with Gasteiger partial charge in [0.1, 0.15) is 6.04 Å². The van der Waals surface area contributed by atoms with Crippen LogP contribution < -0.4 is 5.56 Å². The minimum Gasteiger partial charge on any atom is -0.322 e. The number of aromatic nitrogens is 5. The van der Waals surface area contributed by atoms with Crippen LogP contribution in [0.25, 0.3) is 10.9 Å². The van der Waals surface area contributed by atoms with Crippen LogP contribution in [0.2, 0.25) is 0 Å². The van der Waals surface area contributed by atoms with Crippen LogP contribution in [0.15, 0.2) is 76.9 Å². The zero-order chi connectivity index (χ0) is 26.7. The van der Waals surface area contributed by atoms with Crippen LogP contribution >= 0.6 is 11.3 Å². The van der Waals surface area contributed by atoms with E-state index < -0.39 is 6.04 Å². The zero-order valence-corrected chi connectivity index (χ0v) is 23.2. The van der Waals surface area contributed by atoms with Gasteiger partial charge in [-0.1, -0.05) is 55.0 Å². The van der Waals surface area contributed by atoms with Gasteiger partial charge in [-0.3, -0.25) is 9.69 Å². The number of H-pyrrole nitrogens is 1. The minimum atomic E-state index is -0.435. The van der Waals surface area contributed by atoms with E-state index >= 15 is 0 Å². The van der Waals surface area contributed by atoms with Crippen molar-refractivity contribution in [3.63, 3.8) is 0 Å². The van der Waals surface area contributed by atoms with E-state index in [1.54, 1.807) is 11.3 Å². The Morgan fingerprint density at radius 3 is 2.63 bits per heavy atom. The van der Waals surface area contributed by atoms with Crippen molar-refractivity contribution in [3.05, 3.63) is 110 Å². The minimum absolute atomic E-state index is 0.119. The first kappa shape index (κ1) is 26.0. The number of fused-ring (bicyclic) bond motifs is 1. The molecule has 5 aromatic rings. The van der Waals surface area contributed by atoms with Gasteiger partial charge in [0.05, 0.1) is 5.54 Å². The number of aromatic amines is 1. The number of hydrogen-bond donors (Lipinski definition) is 1. The first-order valence-corrected chi connectivity index (χ1v) is 14.0. The molecule has 1 N–H and O–H groups in total. The van der Waals surface area contributed by atoms with Crippen molar-refractivity contribution in [1.82, 2.24) is 30.1 Å². The fourth-order valence-electron chi connectivity index (χ4n) is 4.81. The number of nitrogens with one attached hydrogen (secondary N) is 1. The number of rotatable bonds is 10. The van der Waals surface area contributed by atoms with Gasteiger partial charge in [-0.2, -0.15) is 0 Å². The second-order valence-corrected chi connectivity index (χ2v) is 11.5. The van der Waals surface area contributed by atoms with Crippen LogP contribution in [0, 0.1) is 6.92 Å². The van der Waals surface area contributed by atoms with Crippen molar-refractivity contribution in [2.24, 2.45) is 0 Å². The summed E-state index contributed by atoms with van der Waals surface area (Å²) in [6.45, 7) is 9.87. The van der Waals surface area contributed by atoms with Crippen LogP contribution in [0.1, 0.15) is 60.6 Å². The standard InChI is InChI=1S/C30H34N6OS/c1-5-30(3,4)36-28(32-33-34-36)27(25-19-23-18-21(2)13-14-26(23)31-29(25)37)35(20-24-12-9-17-38-24)16-15-22-10-7-6-8-11-22/h6-14,17-19,27H,5,15-16,20H2,1-4H3,(H,31,37). The Morgan fingerprint density at radius 2 is 1.89 bits per heavy atom. The SMILES string of the molecule is CCC(C)(C)n1nnnc1C(c1cc2cc(C)ccc2[nH]c1=O)N(CCc1ccccc1)Cc1cccs1. The Labute approximate surface area is 227 Å². The van der Waals surface area contributed by atoms with E-state index in [-0.39, 0.29) is 11.1 Å². The third kappa shape index (κ3) is 5.47. The first-order valence-electron chi connectivity index (χ1n) is 13.1. The summed E-state index contributed by atoms with van der Waals surface area (Å²) in [4.78, 5) is 20.4. The molecule has 3 heterocycles. The lowest BCUT2D eigenvalue weighted by Crippen LogP contribution is -2.39. The highest BCUT2D eigenvalue weighted by Crippen LogP contribution is 2.32. The summed E-state index contributed by atoms with van der Waals surface area (Å²) in [7, 11) is 0. The van der Waals surface area contributed by atoms with Gasteiger partial charge in [0.25, 0.3) is 5.56 Å². The number of benzene rings is 2. The van der Waals surface area contributed by atoms with Gasteiger partial charge in [0, 0.05) is 29.0 Å². The van der Waals surface area contributed by atoms with Crippen LogP contribution in [0.5, 0.6) is 0 Å². The Balaban J connectivity index is 1.68. The van der Waals surface area contributed by atoms with E-state index in [1.165, 1.54) is 10.4 Å². The summed E-state index contributed by atoms with van der Waals surface area (Å²) < 4.78 is 1.90. The average Bonchev–Trinajstić information content (AvgIpc) is 3.61. The smallest absolute Gasteiger partial charge is 0.253 e. The highest BCUT2D eigenvalue weighted by Gasteiger charge is 2.34. The lowest BCUT2D eigenvalue weighted by atomic mass is 9.98. The molecule has 0 aliphatic rings. The van der Waals surface area contributed by atoms with E-state index in [1.807, 2.05) is 28.9 Å². The normalized spacial score (nSPS) is 12.9. The van der Waals surface area contributed by atoms with Crippen molar-refractivity contribution < 1.29 is 0 Å². The molecule has 1 atom stereocenters. The number of pyridine rings is 1. The topological polar surface area (TPSA) is 79.7 Å². The Bertz CT molecular complexity index is 1550. The van der Waals surface area contributed by atoms with E-state index in [9.17, 15) is 4.79 Å². The highest BCUT2D eigenvalue weighted by molar-refractivity contribution is 7.09. The van der Waals surface area contributed by atoms with Crippen molar-refractivity contribution in [2.75, 3.05) is 6.54 Å². The molecule has 2 aromatic carbocycles. The predicted molar refractivity (Wildman–Crippen MR) is 153 cm³/mol. The monoisotopic (exact) mass is 526 g/mol. The Hall–Kier alpha value is -3.62. The molecule has 1 unspecified atom stereocenters. The maximum absolute atomic E-state index is 13.7. The quantitative estimate of drug-likeness (QED) is 0.246. The Morgan fingerprint density at radius 1 is 1.08 bits per heavy atom. The first-order chi connectivity index (χ1) is 18.4. The van der Waals surface area contributed by atoms with Crippen molar-refractivity contribution in [2.45, 2.75) is 58.7 Å². The third-order valence-electron chi connectivity index (χ3n) is 7.33. The molecule has 38 heavy (non-hydrogen) atoms. The fraction of sp³-hybridized carbons (Fsp3) is 0.333. The maximum Gasteiger partial charge on any atom is 0.253 e. The Kier molecular flexibility index (Phi) is 7.53. The molecule has 0 fully saturated rings. The molecule has 0 aliphatic heterocycles. The highest BCUT2D eigenvalue weighted by atomic mass is 32.1. The second kappa shape index (κ2) is 11.0. The molecule has 196 valence electrons. The summed E-state index contributed by atoms with van der Waals surface area (Å²) in [6, 6.07) is 22.4. The number of nitrogens with zero attached hydrogens (tertiary/aromatic N) is 5. The lowest BCUT2D eigenvalue weighted by Gasteiger charge is -2.33. The molecule has 0 radical (unpaired) electrons. The van der Waals surface area contributed by atoms with E-state index in [4.69, 9.17) is 0 Å². The number of tetrazole rings is 1. The van der Waals surface area contributed by atoms with Crippen LogP contribution in [0.4, 0.5) is 0 Å². The zero-order valence-electron chi connectivity index (χ0n) is 22.4. The van der Waals surface area contributed by atoms with Crippen LogP contribution in [-0.4, -0.2) is 36.6 Å². The molecule has 8 heteroatoms. The molecule has 0 saturated carbocycles. The summed E-state index contributed by atoms with van der Waals surface area (Å²) in [5.41, 5.74) is 3.43. The van der Waals surface area contributed by atoms with Gasteiger partial charge in [0.15, 0.2) is 5.82 Å². The van der Waals surface area contributed by atoms with Crippen LogP contribution in [0.3, 0.4) is 0 Å². The van der Waals surface area contributed by atoms with Gasteiger partial charge < -0.3 is 4.98 Å². The van der Waals surface area contributed by atoms with E-state index in [0.29, 0.717) is 17.9 Å². The molecule has 0 amide bonds. The molecule has 0 spiro atoms. The molecule has 5 rings (SSSR count). The van der Waals surface area contributed by atoms with Gasteiger partial charge in [-0.15, -0.1) is 16.4 Å². The van der Waals surface area contributed by atoms with Gasteiger partial charge in [0.2, 0.25) is 0 Å². The molecule has 7 nitrogen and oxygen atoms in total. The fourth-order valence-corrected chi connectivity index (χ4v) is 5.54. The number of aryl methyl sites for hydroxylation is 1. The van der Waals surface area contributed by atoms with E-state index in [0.717, 1.165) is 35.9 Å². The summed E-state index contributed by atoms with van der Waals surface area (Å²) in [5, 5.41) is 16.2. The van der Waals surface area contributed by atoms with Crippen molar-refractivity contribution in [3.8, 4) is 0 Å². The molecular weight excluding hydrogens is 492 g/mol. The second-order valence-electron chi connectivity index (χ2n) is 10.4. The predicted octanol–water partition coefficient (Wildman–Crippen LogP) is 5.86. The average molecular weight is 527 g/mol. The van der Waals surface area contributed by atoms with Gasteiger partial charge >= 0.3 is 0 Å². The molecule has 0 aliphatic carbocycles. The third-order valence-corrected chi connectivity index (χ3v) is 8.20. The lowest BCUT2D eigenvalue weighted by molar-refractivity contribution is 0.191. The molecular formula is C30H34N6OS. The summed E-state index contributed by atoms with van der Waals surface area (Å²) in [6.07, 6.45) is 1.69. The van der Waals surface area contributed by atoms with Gasteiger partial charge in [-0.05, 0) is 84.6 Å². The van der Waals surface area contributed by atoms with Gasteiger partial charge in [-0.25, -0.2) is 4.68 Å². The van der Waals surface area contributed by atoms with Crippen molar-refractivity contribution >= 4 is 22.2 Å². The number of thiophene rings is 1. The number of hydrogen-bond acceptors (Lipinski definition) is 6. The summed E-state index contributed by atoms with van der Waals surface area (Å²) >= 11 is 1.72. The van der Waals surface area contributed by atoms with Crippen molar-refractivity contribution in [1.29, 1.82) is 0 Å². The molecule has 0 bridgehead atoms. The molecule has 0 saturated heterocycles. The summed E-state index contributed by atoms with van der Waals surface area (Å²) in [5.74, 6) is 0.680. The maximum atomic E-state index is 13.7. The molecule has 3 aromatic heterocycles.